The van der Waals surface area contributed by atoms with Gasteiger partial charge >= 0.3 is 0 Å². The lowest BCUT2D eigenvalue weighted by Gasteiger charge is -2.22. The minimum absolute atomic E-state index is 0. The van der Waals surface area contributed by atoms with Crippen LogP contribution in [0, 0.1) is 11.6 Å². The van der Waals surface area contributed by atoms with Crippen molar-refractivity contribution in [3.8, 4) is 0 Å². The molecule has 2 aromatic rings. The van der Waals surface area contributed by atoms with Gasteiger partial charge in [0.1, 0.15) is 11.6 Å². The van der Waals surface area contributed by atoms with Crippen LogP contribution in [-0.4, -0.2) is 30.4 Å². The lowest BCUT2D eigenvalue weighted by atomic mass is 10.1. The maximum atomic E-state index is 13.7. The van der Waals surface area contributed by atoms with E-state index in [4.69, 9.17) is 5.73 Å². The Labute approximate surface area is 146 Å². The van der Waals surface area contributed by atoms with E-state index in [1.165, 1.54) is 6.07 Å². The van der Waals surface area contributed by atoms with Crippen molar-refractivity contribution in [3.63, 3.8) is 0 Å². The number of hydrogen-bond acceptors (Lipinski definition) is 2. The molecule has 2 N–H and O–H groups in total. The predicted molar refractivity (Wildman–Crippen MR) is 93.1 cm³/mol. The van der Waals surface area contributed by atoms with Gasteiger partial charge in [-0.2, -0.15) is 0 Å². The van der Waals surface area contributed by atoms with Crippen molar-refractivity contribution in [2.75, 3.05) is 19.6 Å². The summed E-state index contributed by atoms with van der Waals surface area (Å²) in [6.45, 7) is 1.14. The quantitative estimate of drug-likeness (QED) is 0.831. The number of carbonyl (C=O) groups is 1. The van der Waals surface area contributed by atoms with Gasteiger partial charge in [-0.15, -0.1) is 12.4 Å². The monoisotopic (exact) mass is 354 g/mol. The summed E-state index contributed by atoms with van der Waals surface area (Å²) in [6, 6.07) is 13.3. The van der Waals surface area contributed by atoms with Crippen LogP contribution in [-0.2, 0) is 17.6 Å². The molecule has 6 heteroatoms. The summed E-state index contributed by atoms with van der Waals surface area (Å²) in [5.74, 6) is -1.72. The Morgan fingerprint density at radius 3 is 2.17 bits per heavy atom. The zero-order valence-electron chi connectivity index (χ0n) is 13.3. The van der Waals surface area contributed by atoms with E-state index >= 15 is 0 Å². The van der Waals surface area contributed by atoms with Crippen LogP contribution in [0.4, 0.5) is 8.78 Å². The largest absolute Gasteiger partial charge is 0.341 e. The Kier molecular flexibility index (Phi) is 8.36. The first-order valence-electron chi connectivity index (χ1n) is 7.56. The standard InChI is InChI=1S/C18H20F2N2O.ClH/c19-16-7-4-8-17(20)15(16)13-18(23)22(12-10-21)11-9-14-5-2-1-3-6-14;/h1-8H,9-13,21H2;1H. The van der Waals surface area contributed by atoms with E-state index in [0.29, 0.717) is 26.1 Å². The third kappa shape index (κ3) is 5.58. The predicted octanol–water partition coefficient (Wildman–Crippen LogP) is 2.96. The molecule has 0 unspecified atom stereocenters. The molecule has 0 aliphatic carbocycles. The summed E-state index contributed by atoms with van der Waals surface area (Å²) in [5, 5.41) is 0. The van der Waals surface area contributed by atoms with E-state index < -0.39 is 11.6 Å². The van der Waals surface area contributed by atoms with Gasteiger partial charge in [0.2, 0.25) is 5.91 Å². The minimum atomic E-state index is -0.700. The van der Waals surface area contributed by atoms with Crippen molar-refractivity contribution in [3.05, 3.63) is 71.3 Å². The summed E-state index contributed by atoms with van der Waals surface area (Å²) in [5.41, 5.74) is 6.45. The van der Waals surface area contributed by atoms with Crippen LogP contribution in [0.25, 0.3) is 0 Å². The van der Waals surface area contributed by atoms with Crippen LogP contribution >= 0.6 is 12.4 Å². The molecule has 3 nitrogen and oxygen atoms in total. The topological polar surface area (TPSA) is 46.3 Å². The molecule has 24 heavy (non-hydrogen) atoms. The normalized spacial score (nSPS) is 10.1. The average molecular weight is 355 g/mol. The number of nitrogens with two attached hydrogens (primary N) is 1. The molecule has 0 aromatic heterocycles. The van der Waals surface area contributed by atoms with E-state index in [1.54, 1.807) is 4.90 Å². The smallest absolute Gasteiger partial charge is 0.227 e. The Morgan fingerprint density at radius 1 is 0.958 bits per heavy atom. The maximum Gasteiger partial charge on any atom is 0.227 e. The Morgan fingerprint density at radius 2 is 1.58 bits per heavy atom. The fourth-order valence-electron chi connectivity index (χ4n) is 2.39. The van der Waals surface area contributed by atoms with Crippen molar-refractivity contribution < 1.29 is 13.6 Å². The van der Waals surface area contributed by atoms with Crippen LogP contribution < -0.4 is 5.73 Å². The van der Waals surface area contributed by atoms with Gasteiger partial charge in [0, 0.05) is 25.2 Å². The molecule has 0 atom stereocenters. The molecule has 0 saturated carbocycles. The van der Waals surface area contributed by atoms with Crippen LogP contribution in [0.5, 0.6) is 0 Å². The zero-order chi connectivity index (χ0) is 16.7. The molecule has 0 aliphatic heterocycles. The summed E-state index contributed by atoms with van der Waals surface area (Å²) < 4.78 is 27.4. The van der Waals surface area contributed by atoms with Gasteiger partial charge in [-0.3, -0.25) is 4.79 Å². The highest BCUT2D eigenvalue weighted by Gasteiger charge is 2.18. The molecule has 0 heterocycles. The molecule has 0 spiro atoms. The van der Waals surface area contributed by atoms with Gasteiger partial charge in [-0.05, 0) is 24.1 Å². The van der Waals surface area contributed by atoms with Crippen LogP contribution in [0.15, 0.2) is 48.5 Å². The van der Waals surface area contributed by atoms with E-state index in [2.05, 4.69) is 0 Å². The van der Waals surface area contributed by atoms with Crippen molar-refractivity contribution >= 4 is 18.3 Å². The van der Waals surface area contributed by atoms with Crippen molar-refractivity contribution in [1.82, 2.24) is 4.90 Å². The lowest BCUT2D eigenvalue weighted by molar-refractivity contribution is -0.130. The number of carbonyl (C=O) groups excluding carboxylic acids is 1. The fourth-order valence-corrected chi connectivity index (χ4v) is 2.39. The van der Waals surface area contributed by atoms with Crippen molar-refractivity contribution in [1.29, 1.82) is 0 Å². The number of hydrogen-bond donors (Lipinski definition) is 1. The van der Waals surface area contributed by atoms with Gasteiger partial charge in [-0.1, -0.05) is 36.4 Å². The van der Waals surface area contributed by atoms with Crippen LogP contribution in [0.2, 0.25) is 0 Å². The number of amides is 1. The van der Waals surface area contributed by atoms with Crippen LogP contribution in [0.1, 0.15) is 11.1 Å². The molecule has 0 saturated heterocycles. The number of nitrogens with zero attached hydrogens (tertiary/aromatic N) is 1. The van der Waals surface area contributed by atoms with Gasteiger partial charge in [0.05, 0.1) is 6.42 Å². The average Bonchev–Trinajstić information content (AvgIpc) is 2.56. The second kappa shape index (κ2) is 10.0. The summed E-state index contributed by atoms with van der Waals surface area (Å²) in [6.07, 6.45) is 0.375. The molecule has 0 bridgehead atoms. The molecule has 130 valence electrons. The van der Waals surface area contributed by atoms with Gasteiger partial charge in [-0.25, -0.2) is 8.78 Å². The first-order valence-corrected chi connectivity index (χ1v) is 7.56. The summed E-state index contributed by atoms with van der Waals surface area (Å²) in [7, 11) is 0. The highest BCUT2D eigenvalue weighted by Crippen LogP contribution is 2.14. The molecular formula is C18H21ClF2N2O. The molecular weight excluding hydrogens is 334 g/mol. The van der Waals surface area contributed by atoms with E-state index in [0.717, 1.165) is 17.7 Å². The Bertz CT molecular complexity index is 632. The molecule has 0 fully saturated rings. The van der Waals surface area contributed by atoms with E-state index in [9.17, 15) is 13.6 Å². The Balaban J connectivity index is 0.00000288. The number of rotatable bonds is 7. The lowest BCUT2D eigenvalue weighted by Crippen LogP contribution is -2.38. The summed E-state index contributed by atoms with van der Waals surface area (Å²) in [4.78, 5) is 13.9. The molecule has 1 amide bonds. The third-order valence-corrected chi connectivity index (χ3v) is 3.65. The highest BCUT2D eigenvalue weighted by molar-refractivity contribution is 5.85. The van der Waals surface area contributed by atoms with Gasteiger partial charge < -0.3 is 10.6 Å². The van der Waals surface area contributed by atoms with Gasteiger partial charge in [0.25, 0.3) is 0 Å². The Hall–Kier alpha value is -1.98. The molecule has 2 aromatic carbocycles. The zero-order valence-corrected chi connectivity index (χ0v) is 14.1. The highest BCUT2D eigenvalue weighted by atomic mass is 35.5. The van der Waals surface area contributed by atoms with Gasteiger partial charge in [0.15, 0.2) is 0 Å². The van der Waals surface area contributed by atoms with Crippen molar-refractivity contribution in [2.45, 2.75) is 12.8 Å². The van der Waals surface area contributed by atoms with Crippen molar-refractivity contribution in [2.24, 2.45) is 5.73 Å². The second-order valence-corrected chi connectivity index (χ2v) is 5.28. The molecule has 0 aliphatic rings. The molecule has 0 radical (unpaired) electrons. The van der Waals surface area contributed by atoms with Crippen LogP contribution in [0.3, 0.4) is 0 Å². The first-order chi connectivity index (χ1) is 11.1. The van der Waals surface area contributed by atoms with E-state index in [-0.39, 0.29) is 30.3 Å². The first kappa shape index (κ1) is 20.1. The molecule has 2 rings (SSSR count). The minimum Gasteiger partial charge on any atom is -0.341 e. The number of halogens is 3. The second-order valence-electron chi connectivity index (χ2n) is 5.28. The number of benzene rings is 2. The third-order valence-electron chi connectivity index (χ3n) is 3.65. The SMILES string of the molecule is Cl.NCCN(CCc1ccccc1)C(=O)Cc1c(F)cccc1F. The fraction of sp³-hybridized carbons (Fsp3) is 0.278. The summed E-state index contributed by atoms with van der Waals surface area (Å²) >= 11 is 0. The maximum absolute atomic E-state index is 13.7. The van der Waals surface area contributed by atoms with E-state index in [1.807, 2.05) is 30.3 Å².